The van der Waals surface area contributed by atoms with Crippen molar-refractivity contribution >= 4 is 0 Å². The number of aryl methyl sites for hydroxylation is 1. The van der Waals surface area contributed by atoms with Gasteiger partial charge in [-0.25, -0.2) is 0 Å². The van der Waals surface area contributed by atoms with E-state index in [-0.39, 0.29) is 0 Å². The Bertz CT molecular complexity index is 375. The highest BCUT2D eigenvalue weighted by Gasteiger charge is 2.27. The molecule has 1 aromatic rings. The van der Waals surface area contributed by atoms with Crippen LogP contribution in [0.25, 0.3) is 0 Å². The van der Waals surface area contributed by atoms with Crippen LogP contribution in [0.2, 0.25) is 0 Å². The second-order valence-corrected chi connectivity index (χ2v) is 4.92. The average molecular weight is 233 g/mol. The van der Waals surface area contributed by atoms with Gasteiger partial charge in [0.25, 0.3) is 0 Å². The maximum atomic E-state index is 6.06. The summed E-state index contributed by atoms with van der Waals surface area (Å²) >= 11 is 0. The maximum Gasteiger partial charge on any atom is 0.124 e. The monoisotopic (exact) mass is 233 g/mol. The van der Waals surface area contributed by atoms with E-state index in [2.05, 4.69) is 44.3 Å². The second-order valence-electron chi connectivity index (χ2n) is 4.92. The lowest BCUT2D eigenvalue weighted by Gasteiger charge is -2.33. The quantitative estimate of drug-likeness (QED) is 0.858. The minimum Gasteiger partial charge on any atom is -0.490 e. The highest BCUT2D eigenvalue weighted by Crippen LogP contribution is 2.36. The summed E-state index contributed by atoms with van der Waals surface area (Å²) in [4.78, 5) is 0. The van der Waals surface area contributed by atoms with Crippen molar-refractivity contribution in [3.63, 3.8) is 0 Å². The van der Waals surface area contributed by atoms with Gasteiger partial charge in [0.1, 0.15) is 11.9 Å². The molecule has 0 spiro atoms. The molecule has 1 aliphatic heterocycles. The van der Waals surface area contributed by atoms with Crippen molar-refractivity contribution in [3.8, 4) is 5.75 Å². The van der Waals surface area contributed by atoms with E-state index in [1.54, 1.807) is 0 Å². The van der Waals surface area contributed by atoms with Crippen LogP contribution in [0.1, 0.15) is 50.3 Å². The molecule has 0 saturated carbocycles. The largest absolute Gasteiger partial charge is 0.490 e. The molecule has 17 heavy (non-hydrogen) atoms. The molecule has 1 aromatic carbocycles. The lowest BCUT2D eigenvalue weighted by atomic mass is 9.93. The summed E-state index contributed by atoms with van der Waals surface area (Å²) in [6, 6.07) is 6.97. The number of benzene rings is 1. The average Bonchev–Trinajstić information content (AvgIpc) is 2.31. The standard InChI is InChI=1S/C15H23NO/c1-4-6-12-10-14(16-5-2)13-9-11(3)7-8-15(13)17-12/h7-9,12,14,16H,4-6,10H2,1-3H3. The lowest BCUT2D eigenvalue weighted by Crippen LogP contribution is -2.32. The van der Waals surface area contributed by atoms with E-state index in [9.17, 15) is 0 Å². The summed E-state index contributed by atoms with van der Waals surface area (Å²) < 4.78 is 6.06. The second kappa shape index (κ2) is 5.54. The molecule has 94 valence electrons. The summed E-state index contributed by atoms with van der Waals surface area (Å²) in [6.45, 7) is 7.54. The van der Waals surface area contributed by atoms with Gasteiger partial charge in [-0.15, -0.1) is 0 Å². The van der Waals surface area contributed by atoms with E-state index in [0.29, 0.717) is 12.1 Å². The van der Waals surface area contributed by atoms with Gasteiger partial charge in [-0.05, 0) is 26.0 Å². The molecule has 2 nitrogen and oxygen atoms in total. The summed E-state index contributed by atoms with van der Waals surface area (Å²) in [5.74, 6) is 1.08. The van der Waals surface area contributed by atoms with Gasteiger partial charge >= 0.3 is 0 Å². The van der Waals surface area contributed by atoms with Crippen LogP contribution in [0.15, 0.2) is 18.2 Å². The Morgan fingerprint density at radius 2 is 2.18 bits per heavy atom. The lowest BCUT2D eigenvalue weighted by molar-refractivity contribution is 0.140. The highest BCUT2D eigenvalue weighted by atomic mass is 16.5. The highest BCUT2D eigenvalue weighted by molar-refractivity contribution is 5.40. The first-order valence-electron chi connectivity index (χ1n) is 6.75. The number of ether oxygens (including phenoxy) is 1. The van der Waals surface area contributed by atoms with Crippen LogP contribution in [0, 0.1) is 6.92 Å². The molecule has 0 saturated heterocycles. The van der Waals surface area contributed by atoms with Crippen LogP contribution in [0.3, 0.4) is 0 Å². The number of nitrogens with one attached hydrogen (secondary N) is 1. The van der Waals surface area contributed by atoms with Gasteiger partial charge in [-0.1, -0.05) is 38.0 Å². The third-order valence-corrected chi connectivity index (χ3v) is 3.39. The van der Waals surface area contributed by atoms with Gasteiger partial charge in [-0.2, -0.15) is 0 Å². The predicted molar refractivity (Wildman–Crippen MR) is 71.5 cm³/mol. The minimum atomic E-state index is 0.374. The molecule has 1 heterocycles. The molecule has 2 unspecified atom stereocenters. The van der Waals surface area contributed by atoms with Crippen LogP contribution < -0.4 is 10.1 Å². The molecular weight excluding hydrogens is 210 g/mol. The van der Waals surface area contributed by atoms with E-state index in [1.807, 2.05) is 0 Å². The van der Waals surface area contributed by atoms with Gasteiger partial charge in [0.15, 0.2) is 0 Å². The van der Waals surface area contributed by atoms with Crippen molar-refractivity contribution in [1.29, 1.82) is 0 Å². The summed E-state index contributed by atoms with van der Waals surface area (Å²) in [7, 11) is 0. The number of hydrogen-bond acceptors (Lipinski definition) is 2. The Balaban J connectivity index is 2.25. The van der Waals surface area contributed by atoms with Crippen LogP contribution in [0.4, 0.5) is 0 Å². The minimum absolute atomic E-state index is 0.374. The molecule has 0 radical (unpaired) electrons. The number of hydrogen-bond donors (Lipinski definition) is 1. The van der Waals surface area contributed by atoms with Crippen LogP contribution >= 0.6 is 0 Å². The Hall–Kier alpha value is -1.02. The Labute approximate surface area is 104 Å². The van der Waals surface area contributed by atoms with Gasteiger partial charge in [0.05, 0.1) is 0 Å². The zero-order chi connectivity index (χ0) is 12.3. The number of fused-ring (bicyclic) bond motifs is 1. The van der Waals surface area contributed by atoms with Crippen molar-refractivity contribution in [3.05, 3.63) is 29.3 Å². The normalized spacial score (nSPS) is 23.0. The molecule has 2 rings (SSSR count). The number of rotatable bonds is 4. The topological polar surface area (TPSA) is 21.3 Å². The first kappa shape index (κ1) is 12.4. The van der Waals surface area contributed by atoms with Crippen molar-refractivity contribution in [1.82, 2.24) is 5.32 Å². The zero-order valence-electron chi connectivity index (χ0n) is 11.1. The fourth-order valence-corrected chi connectivity index (χ4v) is 2.60. The molecule has 1 aliphatic rings. The maximum absolute atomic E-state index is 6.06. The molecule has 0 aliphatic carbocycles. The summed E-state index contributed by atoms with van der Waals surface area (Å²) in [6.07, 6.45) is 3.80. The summed E-state index contributed by atoms with van der Waals surface area (Å²) in [5, 5.41) is 3.58. The molecule has 0 fully saturated rings. The third-order valence-electron chi connectivity index (χ3n) is 3.39. The van der Waals surface area contributed by atoms with Crippen molar-refractivity contribution in [2.24, 2.45) is 0 Å². The van der Waals surface area contributed by atoms with E-state index in [0.717, 1.165) is 25.1 Å². The van der Waals surface area contributed by atoms with E-state index >= 15 is 0 Å². The molecular formula is C15H23NO. The Morgan fingerprint density at radius 1 is 1.35 bits per heavy atom. The van der Waals surface area contributed by atoms with E-state index in [1.165, 1.54) is 17.5 Å². The van der Waals surface area contributed by atoms with E-state index < -0.39 is 0 Å². The fourth-order valence-electron chi connectivity index (χ4n) is 2.60. The smallest absolute Gasteiger partial charge is 0.124 e. The molecule has 0 bridgehead atoms. The van der Waals surface area contributed by atoms with Crippen molar-refractivity contribution in [2.45, 2.75) is 52.2 Å². The molecule has 0 aromatic heterocycles. The summed E-state index contributed by atoms with van der Waals surface area (Å²) in [5.41, 5.74) is 2.64. The molecule has 0 amide bonds. The van der Waals surface area contributed by atoms with Gasteiger partial charge in [0, 0.05) is 18.0 Å². The van der Waals surface area contributed by atoms with Gasteiger partial charge in [0.2, 0.25) is 0 Å². The Morgan fingerprint density at radius 3 is 2.88 bits per heavy atom. The van der Waals surface area contributed by atoms with E-state index in [4.69, 9.17) is 4.74 Å². The van der Waals surface area contributed by atoms with Crippen LogP contribution in [-0.4, -0.2) is 12.6 Å². The SMILES string of the molecule is CCCC1CC(NCC)c2cc(C)ccc2O1. The van der Waals surface area contributed by atoms with Crippen LogP contribution in [0.5, 0.6) is 5.75 Å². The first-order valence-corrected chi connectivity index (χ1v) is 6.75. The van der Waals surface area contributed by atoms with Crippen molar-refractivity contribution in [2.75, 3.05) is 6.54 Å². The predicted octanol–water partition coefficient (Wildman–Crippen LogP) is 3.60. The fraction of sp³-hybridized carbons (Fsp3) is 0.600. The molecule has 2 atom stereocenters. The first-order chi connectivity index (χ1) is 8.24. The molecule has 1 N–H and O–H groups in total. The van der Waals surface area contributed by atoms with Gasteiger partial charge < -0.3 is 10.1 Å². The van der Waals surface area contributed by atoms with Crippen LogP contribution in [-0.2, 0) is 0 Å². The zero-order valence-corrected chi connectivity index (χ0v) is 11.1. The molecule has 2 heteroatoms. The Kier molecular flexibility index (Phi) is 4.06. The van der Waals surface area contributed by atoms with Crippen molar-refractivity contribution < 1.29 is 4.74 Å². The van der Waals surface area contributed by atoms with Gasteiger partial charge in [-0.3, -0.25) is 0 Å². The third kappa shape index (κ3) is 2.81.